The molecule has 0 aliphatic heterocycles. The Morgan fingerprint density at radius 3 is 2.69 bits per heavy atom. The second-order valence-electron chi connectivity index (χ2n) is 3.53. The van der Waals surface area contributed by atoms with Crippen LogP contribution in [0.3, 0.4) is 0 Å². The monoisotopic (exact) mass is 223 g/mol. The maximum Gasteiger partial charge on any atom is 0.325 e. The molecular weight excluding hydrogens is 206 g/mol. The number of ether oxygens (including phenoxy) is 1. The smallest absolute Gasteiger partial charge is 0.325 e. The first kappa shape index (κ1) is 12.4. The standard InChI is InChI=1S/C11H17N3O2/c1-4-7-14(8-11(15)16-3)10-6-5-9(2)12-13-10/h5-6H,4,7-8H2,1-3H3. The molecule has 0 fully saturated rings. The zero-order valence-electron chi connectivity index (χ0n) is 9.93. The molecule has 1 aromatic rings. The Morgan fingerprint density at radius 2 is 2.19 bits per heavy atom. The van der Waals surface area contributed by atoms with Crippen molar-refractivity contribution in [3.63, 3.8) is 0 Å². The molecule has 5 heteroatoms. The summed E-state index contributed by atoms with van der Waals surface area (Å²) in [5, 5.41) is 8.02. The highest BCUT2D eigenvalue weighted by Crippen LogP contribution is 2.09. The maximum atomic E-state index is 11.2. The molecule has 0 aliphatic rings. The lowest BCUT2D eigenvalue weighted by Gasteiger charge is -2.20. The minimum atomic E-state index is -0.268. The molecule has 1 heterocycles. The van der Waals surface area contributed by atoms with Gasteiger partial charge in [0.2, 0.25) is 0 Å². The lowest BCUT2D eigenvalue weighted by atomic mass is 10.3. The number of aryl methyl sites for hydroxylation is 1. The van der Waals surface area contributed by atoms with Gasteiger partial charge in [-0.05, 0) is 25.5 Å². The number of hydrogen-bond donors (Lipinski definition) is 0. The van der Waals surface area contributed by atoms with Crippen LogP contribution in [0.2, 0.25) is 0 Å². The highest BCUT2D eigenvalue weighted by Gasteiger charge is 2.12. The molecule has 0 saturated heterocycles. The van der Waals surface area contributed by atoms with E-state index in [2.05, 4.69) is 14.9 Å². The van der Waals surface area contributed by atoms with Crippen molar-refractivity contribution in [2.75, 3.05) is 25.1 Å². The van der Waals surface area contributed by atoms with E-state index in [1.54, 1.807) is 0 Å². The van der Waals surface area contributed by atoms with Gasteiger partial charge in [0.15, 0.2) is 5.82 Å². The van der Waals surface area contributed by atoms with Gasteiger partial charge in [-0.25, -0.2) is 0 Å². The van der Waals surface area contributed by atoms with Crippen LogP contribution in [0.25, 0.3) is 0 Å². The second-order valence-corrected chi connectivity index (χ2v) is 3.53. The number of carbonyl (C=O) groups excluding carboxylic acids is 1. The fraction of sp³-hybridized carbons (Fsp3) is 0.545. The van der Waals surface area contributed by atoms with E-state index in [4.69, 9.17) is 0 Å². The maximum absolute atomic E-state index is 11.2. The number of hydrogen-bond acceptors (Lipinski definition) is 5. The summed E-state index contributed by atoms with van der Waals surface area (Å²) in [7, 11) is 1.38. The molecular formula is C11H17N3O2. The molecule has 0 bridgehead atoms. The predicted molar refractivity (Wildman–Crippen MR) is 61.3 cm³/mol. The molecule has 0 saturated carbocycles. The first-order valence-electron chi connectivity index (χ1n) is 5.29. The average molecular weight is 223 g/mol. The van der Waals surface area contributed by atoms with Crippen LogP contribution in [-0.4, -0.2) is 36.4 Å². The molecule has 1 aromatic heterocycles. The van der Waals surface area contributed by atoms with Gasteiger partial charge in [0.1, 0.15) is 6.54 Å². The number of carbonyl (C=O) groups is 1. The van der Waals surface area contributed by atoms with Gasteiger partial charge < -0.3 is 9.64 Å². The minimum Gasteiger partial charge on any atom is -0.468 e. The van der Waals surface area contributed by atoms with Crippen molar-refractivity contribution in [1.82, 2.24) is 10.2 Å². The second kappa shape index (κ2) is 6.05. The van der Waals surface area contributed by atoms with E-state index < -0.39 is 0 Å². The Morgan fingerprint density at radius 1 is 1.44 bits per heavy atom. The largest absolute Gasteiger partial charge is 0.468 e. The number of rotatable bonds is 5. The third-order valence-corrected chi connectivity index (χ3v) is 2.15. The third-order valence-electron chi connectivity index (χ3n) is 2.15. The van der Waals surface area contributed by atoms with Crippen LogP contribution < -0.4 is 4.90 Å². The van der Waals surface area contributed by atoms with Crippen LogP contribution in [0.1, 0.15) is 19.0 Å². The lowest BCUT2D eigenvalue weighted by Crippen LogP contribution is -2.32. The van der Waals surface area contributed by atoms with Crippen LogP contribution in [-0.2, 0) is 9.53 Å². The Kier molecular flexibility index (Phi) is 4.69. The molecule has 0 amide bonds. The molecule has 0 aliphatic carbocycles. The van der Waals surface area contributed by atoms with E-state index in [-0.39, 0.29) is 12.5 Å². The van der Waals surface area contributed by atoms with Gasteiger partial charge >= 0.3 is 5.97 Å². The summed E-state index contributed by atoms with van der Waals surface area (Å²) in [6.45, 7) is 4.89. The molecule has 88 valence electrons. The molecule has 5 nitrogen and oxygen atoms in total. The van der Waals surface area contributed by atoms with Crippen molar-refractivity contribution >= 4 is 11.8 Å². The Hall–Kier alpha value is -1.65. The zero-order valence-corrected chi connectivity index (χ0v) is 9.93. The quantitative estimate of drug-likeness (QED) is 0.701. The van der Waals surface area contributed by atoms with Crippen molar-refractivity contribution < 1.29 is 9.53 Å². The van der Waals surface area contributed by atoms with Crippen molar-refractivity contribution in [3.8, 4) is 0 Å². The average Bonchev–Trinajstić information content (AvgIpc) is 2.29. The molecule has 0 N–H and O–H groups in total. The molecule has 0 spiro atoms. The SMILES string of the molecule is CCCN(CC(=O)OC)c1ccc(C)nn1. The number of aromatic nitrogens is 2. The Bertz CT molecular complexity index is 338. The van der Waals surface area contributed by atoms with Gasteiger partial charge in [-0.1, -0.05) is 6.92 Å². The van der Waals surface area contributed by atoms with Crippen LogP contribution >= 0.6 is 0 Å². The van der Waals surface area contributed by atoms with Crippen LogP contribution in [0.5, 0.6) is 0 Å². The van der Waals surface area contributed by atoms with Gasteiger partial charge in [-0.15, -0.1) is 5.10 Å². The summed E-state index contributed by atoms with van der Waals surface area (Å²) in [5.74, 6) is 0.439. The van der Waals surface area contributed by atoms with E-state index in [0.717, 1.165) is 18.7 Å². The van der Waals surface area contributed by atoms with Crippen molar-refractivity contribution in [1.29, 1.82) is 0 Å². The molecule has 1 rings (SSSR count). The molecule has 16 heavy (non-hydrogen) atoms. The van der Waals surface area contributed by atoms with Crippen molar-refractivity contribution in [2.24, 2.45) is 0 Å². The summed E-state index contributed by atoms with van der Waals surface area (Å²) in [5.41, 5.74) is 0.860. The highest BCUT2D eigenvalue weighted by atomic mass is 16.5. The Labute approximate surface area is 95.4 Å². The lowest BCUT2D eigenvalue weighted by molar-refractivity contribution is -0.138. The summed E-state index contributed by atoms with van der Waals surface area (Å²) in [6.07, 6.45) is 0.937. The van der Waals surface area contributed by atoms with Gasteiger partial charge in [0.05, 0.1) is 12.8 Å². The topological polar surface area (TPSA) is 55.3 Å². The van der Waals surface area contributed by atoms with Crippen LogP contribution in [0.4, 0.5) is 5.82 Å². The van der Waals surface area contributed by atoms with E-state index >= 15 is 0 Å². The van der Waals surface area contributed by atoms with Crippen molar-refractivity contribution in [3.05, 3.63) is 17.8 Å². The van der Waals surface area contributed by atoms with Gasteiger partial charge in [-0.3, -0.25) is 4.79 Å². The van der Waals surface area contributed by atoms with Crippen LogP contribution in [0, 0.1) is 6.92 Å². The van der Waals surface area contributed by atoms with Crippen molar-refractivity contribution in [2.45, 2.75) is 20.3 Å². The van der Waals surface area contributed by atoms with E-state index in [1.165, 1.54) is 7.11 Å². The van der Waals surface area contributed by atoms with Gasteiger partial charge in [-0.2, -0.15) is 5.10 Å². The van der Waals surface area contributed by atoms with E-state index in [9.17, 15) is 4.79 Å². The first-order chi connectivity index (χ1) is 7.67. The minimum absolute atomic E-state index is 0.210. The number of anilines is 1. The molecule has 0 atom stereocenters. The van der Waals surface area contributed by atoms with Gasteiger partial charge in [0.25, 0.3) is 0 Å². The fourth-order valence-corrected chi connectivity index (χ4v) is 1.33. The van der Waals surface area contributed by atoms with E-state index in [0.29, 0.717) is 5.82 Å². The molecule has 0 unspecified atom stereocenters. The van der Waals surface area contributed by atoms with Crippen LogP contribution in [0.15, 0.2) is 12.1 Å². The zero-order chi connectivity index (χ0) is 12.0. The van der Waals surface area contributed by atoms with E-state index in [1.807, 2.05) is 30.9 Å². The predicted octanol–water partition coefficient (Wildman–Crippen LogP) is 1.17. The highest BCUT2D eigenvalue weighted by molar-refractivity contribution is 5.75. The fourth-order valence-electron chi connectivity index (χ4n) is 1.33. The number of methoxy groups -OCH3 is 1. The summed E-state index contributed by atoms with van der Waals surface area (Å²) in [4.78, 5) is 13.1. The molecule has 0 radical (unpaired) electrons. The summed E-state index contributed by atoms with van der Waals surface area (Å²) < 4.78 is 4.64. The summed E-state index contributed by atoms with van der Waals surface area (Å²) in [6, 6.07) is 3.74. The normalized spacial score (nSPS) is 9.94. The van der Waals surface area contributed by atoms with Gasteiger partial charge in [0, 0.05) is 6.54 Å². The number of esters is 1. The summed E-state index contributed by atoms with van der Waals surface area (Å²) >= 11 is 0. The third kappa shape index (κ3) is 3.49. The number of nitrogens with zero attached hydrogens (tertiary/aromatic N) is 3. The first-order valence-corrected chi connectivity index (χ1v) is 5.29. The molecule has 0 aromatic carbocycles. The Balaban J connectivity index is 2.76.